The Bertz CT molecular complexity index is 1090. The lowest BCUT2D eigenvalue weighted by Crippen LogP contribution is -2.36. The number of rotatable bonds is 4. The summed E-state index contributed by atoms with van der Waals surface area (Å²) >= 11 is 0. The molecule has 2 fully saturated rings. The molecule has 2 aromatic heterocycles. The fraction of sp³-hybridized carbons (Fsp3) is 0.333. The Morgan fingerprint density at radius 3 is 2.36 bits per heavy atom. The van der Waals surface area contributed by atoms with Gasteiger partial charge in [-0.25, -0.2) is 9.78 Å². The minimum absolute atomic E-state index is 0.0382. The first-order valence-corrected chi connectivity index (χ1v) is 10.8. The predicted molar refractivity (Wildman–Crippen MR) is 121 cm³/mol. The fourth-order valence-corrected chi connectivity index (χ4v) is 4.97. The number of carboxylic acid groups (broad SMARTS) is 2. The van der Waals surface area contributed by atoms with Crippen LogP contribution in [0.25, 0.3) is 11.3 Å². The van der Waals surface area contributed by atoms with Crippen LogP contribution in [0.15, 0.2) is 60.9 Å². The van der Waals surface area contributed by atoms with Gasteiger partial charge in [-0.2, -0.15) is 5.10 Å². The van der Waals surface area contributed by atoms with Gasteiger partial charge in [-0.15, -0.1) is 0 Å². The van der Waals surface area contributed by atoms with E-state index in [1.54, 1.807) is 18.3 Å². The quantitative estimate of drug-likeness (QED) is 0.518. The average molecular weight is 450 g/mol. The number of aliphatic hydroxyl groups is 1. The molecule has 3 aromatic rings. The molecule has 1 saturated heterocycles. The molecule has 2 aliphatic rings. The van der Waals surface area contributed by atoms with Crippen LogP contribution in [0.4, 0.5) is 5.82 Å². The van der Waals surface area contributed by atoms with E-state index >= 15 is 0 Å². The summed E-state index contributed by atoms with van der Waals surface area (Å²) in [5.41, 5.74) is 1.94. The first-order valence-electron chi connectivity index (χ1n) is 10.8. The van der Waals surface area contributed by atoms with Crippen molar-refractivity contribution in [1.29, 1.82) is 0 Å². The molecular weight excluding hydrogens is 424 g/mol. The number of carboxylic acids is 1. The minimum atomic E-state index is -0.971. The second kappa shape index (κ2) is 9.83. The minimum Gasteiger partial charge on any atom is -0.483 e. The van der Waals surface area contributed by atoms with E-state index in [4.69, 9.17) is 14.9 Å². The van der Waals surface area contributed by atoms with Gasteiger partial charge in [-0.05, 0) is 42.9 Å². The molecule has 9 heteroatoms. The van der Waals surface area contributed by atoms with Crippen LogP contribution in [-0.4, -0.2) is 61.7 Å². The van der Waals surface area contributed by atoms with Gasteiger partial charge in [0, 0.05) is 31.0 Å². The van der Waals surface area contributed by atoms with E-state index in [-0.39, 0.29) is 18.1 Å². The predicted octanol–water partition coefficient (Wildman–Crippen LogP) is 2.79. The summed E-state index contributed by atoms with van der Waals surface area (Å²) in [6, 6.07) is 15.0. The maximum Gasteiger partial charge on any atom is 0.339 e. The Hall–Kier alpha value is -3.72. The Morgan fingerprint density at radius 2 is 1.73 bits per heavy atom. The number of nitrogens with zero attached hydrogens (tertiary/aromatic N) is 4. The highest BCUT2D eigenvalue weighted by Crippen LogP contribution is 2.42. The van der Waals surface area contributed by atoms with E-state index in [0.29, 0.717) is 30.6 Å². The number of aliphatic hydroxyl groups excluding tert-OH is 1. The molecule has 4 atom stereocenters. The van der Waals surface area contributed by atoms with E-state index in [0.717, 1.165) is 24.2 Å². The maximum atomic E-state index is 11.9. The number of aromatic nitrogens is 3. The van der Waals surface area contributed by atoms with Crippen LogP contribution in [0.1, 0.15) is 29.2 Å². The molecule has 1 aliphatic carbocycles. The lowest BCUT2D eigenvalue weighted by atomic mass is 9.77. The third-order valence-corrected chi connectivity index (χ3v) is 6.45. The number of hydrogen-bond donors (Lipinski definition) is 3. The zero-order valence-corrected chi connectivity index (χ0v) is 17.9. The monoisotopic (exact) mass is 450 g/mol. The molecule has 0 amide bonds. The molecule has 0 radical (unpaired) electrons. The summed E-state index contributed by atoms with van der Waals surface area (Å²) < 4.78 is 1.85. The van der Waals surface area contributed by atoms with E-state index in [9.17, 15) is 15.0 Å². The van der Waals surface area contributed by atoms with Crippen LogP contribution in [-0.2, 0) is 4.79 Å². The highest BCUT2D eigenvalue weighted by molar-refractivity contribution is 5.94. The van der Waals surface area contributed by atoms with Gasteiger partial charge in [0.05, 0.1) is 17.8 Å². The number of pyridine rings is 1. The van der Waals surface area contributed by atoms with Crippen LogP contribution >= 0.6 is 0 Å². The van der Waals surface area contributed by atoms with Gasteiger partial charge < -0.3 is 20.2 Å². The van der Waals surface area contributed by atoms with Gasteiger partial charge >= 0.3 is 5.97 Å². The molecule has 5 rings (SSSR count). The third kappa shape index (κ3) is 4.73. The van der Waals surface area contributed by atoms with Crippen molar-refractivity contribution in [3.8, 4) is 11.3 Å². The largest absolute Gasteiger partial charge is 0.483 e. The summed E-state index contributed by atoms with van der Waals surface area (Å²) in [6.45, 7) is 1.19. The van der Waals surface area contributed by atoms with E-state index in [1.165, 1.54) is 0 Å². The van der Waals surface area contributed by atoms with Crippen molar-refractivity contribution in [2.24, 2.45) is 11.8 Å². The molecule has 0 spiro atoms. The summed E-state index contributed by atoms with van der Waals surface area (Å²) in [7, 11) is 0. The van der Waals surface area contributed by atoms with Crippen molar-refractivity contribution < 1.29 is 24.9 Å². The van der Waals surface area contributed by atoms with Crippen LogP contribution in [0.2, 0.25) is 0 Å². The second-order valence-electron chi connectivity index (χ2n) is 8.36. The van der Waals surface area contributed by atoms with Gasteiger partial charge in [-0.1, -0.05) is 30.3 Å². The number of benzene rings is 1. The lowest BCUT2D eigenvalue weighted by Gasteiger charge is -2.35. The van der Waals surface area contributed by atoms with Crippen molar-refractivity contribution in [3.05, 3.63) is 66.5 Å². The van der Waals surface area contributed by atoms with Crippen molar-refractivity contribution in [2.75, 3.05) is 18.0 Å². The van der Waals surface area contributed by atoms with E-state index in [1.807, 2.05) is 47.3 Å². The lowest BCUT2D eigenvalue weighted by molar-refractivity contribution is -0.122. The fourth-order valence-electron chi connectivity index (χ4n) is 4.97. The maximum absolute atomic E-state index is 11.9. The van der Waals surface area contributed by atoms with E-state index < -0.39 is 12.1 Å². The van der Waals surface area contributed by atoms with E-state index in [2.05, 4.69) is 10.00 Å². The number of hydrogen-bond acceptors (Lipinski definition) is 6. The van der Waals surface area contributed by atoms with Crippen LogP contribution in [0, 0.1) is 11.8 Å². The van der Waals surface area contributed by atoms with Gasteiger partial charge in [-0.3, -0.25) is 9.48 Å². The SMILES string of the molecule is O=C(O)c1ccc(-c2ccccc2)nc1N1C[C@H]2C[C@@H](n3cccn3)[C@H](O)C[C@H]2C1.O=CO. The van der Waals surface area contributed by atoms with Gasteiger partial charge in [0.1, 0.15) is 11.4 Å². The third-order valence-electron chi connectivity index (χ3n) is 6.45. The molecule has 0 bridgehead atoms. The van der Waals surface area contributed by atoms with Crippen LogP contribution in [0.3, 0.4) is 0 Å². The van der Waals surface area contributed by atoms with Gasteiger partial charge in [0.15, 0.2) is 0 Å². The second-order valence-corrected chi connectivity index (χ2v) is 8.36. The highest BCUT2D eigenvalue weighted by Gasteiger charge is 2.43. The number of carbonyl (C=O) groups is 2. The van der Waals surface area contributed by atoms with Crippen molar-refractivity contribution in [3.63, 3.8) is 0 Å². The molecule has 33 heavy (non-hydrogen) atoms. The average Bonchev–Trinajstić information content (AvgIpc) is 3.49. The van der Waals surface area contributed by atoms with Crippen LogP contribution < -0.4 is 4.90 Å². The van der Waals surface area contributed by atoms with Gasteiger partial charge in [0.25, 0.3) is 6.47 Å². The number of anilines is 1. The summed E-state index contributed by atoms with van der Waals surface area (Å²) in [5, 5.41) is 31.6. The topological polar surface area (TPSA) is 129 Å². The number of fused-ring (bicyclic) bond motifs is 1. The molecule has 172 valence electrons. The standard InChI is InChI=1S/C23H24N4O3.CH2O2/c28-21-12-17-14-26(13-16(17)11-20(21)27-10-4-9-24-27)22-18(23(29)30)7-8-19(25-22)15-5-2-1-3-6-15;2-1-3/h1-10,16-17,20-21,28H,11-14H2,(H,29,30);1H,(H,2,3)/t16-,17+,20-,21-;/m1./s1. The first kappa shape index (κ1) is 22.5. The smallest absolute Gasteiger partial charge is 0.339 e. The molecule has 3 N–H and O–H groups in total. The molecule has 1 aliphatic heterocycles. The Kier molecular flexibility index (Phi) is 6.69. The summed E-state index contributed by atoms with van der Waals surface area (Å²) in [4.78, 5) is 27.1. The summed E-state index contributed by atoms with van der Waals surface area (Å²) in [5.74, 6) is 0.229. The molecule has 1 aromatic carbocycles. The Morgan fingerprint density at radius 1 is 1.03 bits per heavy atom. The molecular formula is C24H26N4O5. The van der Waals surface area contributed by atoms with Crippen LogP contribution in [0.5, 0.6) is 0 Å². The molecule has 3 heterocycles. The van der Waals surface area contributed by atoms with Crippen molar-refractivity contribution >= 4 is 18.3 Å². The molecule has 1 saturated carbocycles. The highest BCUT2D eigenvalue weighted by atomic mass is 16.4. The Labute approximate surface area is 190 Å². The van der Waals surface area contributed by atoms with Gasteiger partial charge in [0.2, 0.25) is 0 Å². The normalized spacial score (nSPS) is 23.8. The zero-order valence-electron chi connectivity index (χ0n) is 17.9. The number of aromatic carboxylic acids is 1. The molecule has 9 nitrogen and oxygen atoms in total. The first-order chi connectivity index (χ1) is 16.0. The summed E-state index contributed by atoms with van der Waals surface area (Å²) in [6.07, 6.45) is 4.69. The molecule has 0 unspecified atom stereocenters. The Balaban J connectivity index is 0.000000821. The zero-order chi connectivity index (χ0) is 23.4. The van der Waals surface area contributed by atoms with Crippen molar-refractivity contribution in [1.82, 2.24) is 14.8 Å². The van der Waals surface area contributed by atoms with Crippen molar-refractivity contribution in [2.45, 2.75) is 25.0 Å².